The van der Waals surface area contributed by atoms with Gasteiger partial charge in [-0.1, -0.05) is 58.6 Å². The van der Waals surface area contributed by atoms with Crippen molar-refractivity contribution in [3.05, 3.63) is 53.0 Å². The van der Waals surface area contributed by atoms with Crippen LogP contribution in [0.25, 0.3) is 22.2 Å². The minimum atomic E-state index is -1.48. The van der Waals surface area contributed by atoms with Gasteiger partial charge in [-0.25, -0.2) is 9.78 Å². The van der Waals surface area contributed by atoms with Gasteiger partial charge < -0.3 is 55.8 Å². The highest BCUT2D eigenvalue weighted by Crippen LogP contribution is 2.34. The standard InChI is InChI=1S/C44H66N8O10SSi/c1-12-25(3)36(52-38(54)26(4)47-34(53)13-2)37(61-24-60-17-18-64(9,10)11)41(57)48-30-19-27-20-45-29-16-14-15-28(35(27)29)33-23-63-42(50-33)32(22-59-8)49-40(56)31(21-46-39(30)55)51-43(58)62-44(5,6)7/h13-16,20,23,25-26,30-32,36-37,45H,2,12,17-19,21-22,24H2,1,3-11H3,(H,46,55)(H,47,53)(H,48,57)(H,49,56)(H,51,58)(H,52,54)/t25-,26-,30-,31-,32?,36-,37+/m0/s1. The van der Waals surface area contributed by atoms with Crippen molar-refractivity contribution in [2.75, 3.05) is 33.7 Å². The molecule has 7 N–H and O–H groups in total. The van der Waals surface area contributed by atoms with E-state index in [1.54, 1.807) is 27.0 Å². The summed E-state index contributed by atoms with van der Waals surface area (Å²) in [5.74, 6) is -3.52. The van der Waals surface area contributed by atoms with E-state index < -0.39 is 92.2 Å². The number of H-pyrrole nitrogens is 1. The molecule has 2 aromatic heterocycles. The number of hydrogen-bond donors (Lipinski definition) is 7. The molecule has 0 fully saturated rings. The molecule has 352 valence electrons. The second kappa shape index (κ2) is 23.2. The number of hydrogen-bond acceptors (Lipinski definition) is 12. The Morgan fingerprint density at radius 2 is 1.78 bits per heavy atom. The number of alkyl carbamates (subject to hydrolysis) is 1. The average Bonchev–Trinajstić information content (AvgIpc) is 3.88. The topological polar surface area (TPSA) is 240 Å². The summed E-state index contributed by atoms with van der Waals surface area (Å²) in [6, 6.07) is 1.22. The van der Waals surface area contributed by atoms with E-state index in [1.807, 2.05) is 37.4 Å². The second-order valence-electron chi connectivity index (χ2n) is 18.1. The van der Waals surface area contributed by atoms with Crippen molar-refractivity contribution in [1.82, 2.24) is 41.9 Å². The molecule has 0 saturated carbocycles. The van der Waals surface area contributed by atoms with Crippen molar-refractivity contribution in [2.45, 2.75) is 122 Å². The van der Waals surface area contributed by atoms with E-state index in [1.165, 1.54) is 25.4 Å². The number of ether oxygens (including phenoxy) is 4. The maximum absolute atomic E-state index is 14.8. The van der Waals surface area contributed by atoms with Crippen molar-refractivity contribution < 1.29 is 47.7 Å². The Hall–Kier alpha value is -5.15. The van der Waals surface area contributed by atoms with Crippen LogP contribution in [0.4, 0.5) is 4.79 Å². The first-order valence-electron chi connectivity index (χ1n) is 21.5. The minimum absolute atomic E-state index is 0.0430. The van der Waals surface area contributed by atoms with Gasteiger partial charge in [-0.3, -0.25) is 24.0 Å². The Labute approximate surface area is 380 Å². The van der Waals surface area contributed by atoms with Crippen LogP contribution < -0.4 is 31.9 Å². The minimum Gasteiger partial charge on any atom is -0.444 e. The number of carbonyl (C=O) groups excluding carboxylic acids is 6. The Balaban J connectivity index is 1.79. The summed E-state index contributed by atoms with van der Waals surface area (Å²) in [4.78, 5) is 90.2. The third-order valence-corrected chi connectivity index (χ3v) is 13.2. The van der Waals surface area contributed by atoms with E-state index in [0.717, 1.165) is 28.6 Å². The lowest BCUT2D eigenvalue weighted by Gasteiger charge is -2.33. The molecular weight excluding hydrogens is 861 g/mol. The first-order valence-corrected chi connectivity index (χ1v) is 26.1. The van der Waals surface area contributed by atoms with Crippen LogP contribution in [0.3, 0.4) is 0 Å². The van der Waals surface area contributed by atoms with Crippen LogP contribution in [0.5, 0.6) is 0 Å². The molecule has 64 heavy (non-hydrogen) atoms. The van der Waals surface area contributed by atoms with Gasteiger partial charge in [0.15, 0.2) is 6.10 Å². The van der Waals surface area contributed by atoms with Crippen molar-refractivity contribution in [3.8, 4) is 11.3 Å². The van der Waals surface area contributed by atoms with Gasteiger partial charge in [-0.2, -0.15) is 0 Å². The van der Waals surface area contributed by atoms with E-state index in [0.29, 0.717) is 29.3 Å². The fourth-order valence-corrected chi connectivity index (χ4v) is 8.39. The van der Waals surface area contributed by atoms with Gasteiger partial charge in [0.1, 0.15) is 41.6 Å². The van der Waals surface area contributed by atoms with Crippen LogP contribution in [0.1, 0.15) is 64.6 Å². The number of methoxy groups -OCH3 is 1. The number of benzene rings is 1. The third kappa shape index (κ3) is 15.0. The summed E-state index contributed by atoms with van der Waals surface area (Å²) in [7, 11) is 0.0146. The molecule has 18 nitrogen and oxygen atoms in total. The molecule has 6 amide bonds. The van der Waals surface area contributed by atoms with E-state index in [9.17, 15) is 28.8 Å². The number of aromatic amines is 1. The fourth-order valence-electron chi connectivity index (χ4n) is 6.78. The highest BCUT2D eigenvalue weighted by atomic mass is 32.1. The highest BCUT2D eigenvalue weighted by molar-refractivity contribution is 7.10. The summed E-state index contributed by atoms with van der Waals surface area (Å²) in [5, 5.41) is 19.8. The number of fused-ring (bicyclic) bond motifs is 3. The van der Waals surface area contributed by atoms with Gasteiger partial charge in [-0.05, 0) is 57.4 Å². The van der Waals surface area contributed by atoms with Crippen molar-refractivity contribution >= 4 is 65.9 Å². The fraction of sp³-hybridized carbons (Fsp3) is 0.568. The molecule has 3 aromatic rings. The highest BCUT2D eigenvalue weighted by Gasteiger charge is 2.38. The van der Waals surface area contributed by atoms with Crippen LogP contribution in [0.2, 0.25) is 25.7 Å². The maximum Gasteiger partial charge on any atom is 0.408 e. The summed E-state index contributed by atoms with van der Waals surface area (Å²) >= 11 is 1.33. The molecule has 0 radical (unpaired) electrons. The molecule has 0 saturated heterocycles. The number of nitrogens with zero attached hydrogens (tertiary/aromatic N) is 1. The predicted octanol–water partition coefficient (Wildman–Crippen LogP) is 4.06. The van der Waals surface area contributed by atoms with Crippen LogP contribution >= 0.6 is 11.3 Å². The van der Waals surface area contributed by atoms with Crippen LogP contribution in [-0.2, 0) is 49.3 Å². The zero-order valence-electron chi connectivity index (χ0n) is 38.6. The van der Waals surface area contributed by atoms with Crippen LogP contribution in [0.15, 0.2) is 42.4 Å². The van der Waals surface area contributed by atoms with E-state index in [2.05, 4.69) is 63.1 Å². The number of rotatable bonds is 18. The molecule has 1 aliphatic rings. The van der Waals surface area contributed by atoms with E-state index >= 15 is 0 Å². The summed E-state index contributed by atoms with van der Waals surface area (Å²) < 4.78 is 23.0. The number of thiazole rings is 1. The predicted molar refractivity (Wildman–Crippen MR) is 247 cm³/mol. The third-order valence-electron chi connectivity index (χ3n) is 10.5. The molecule has 7 atom stereocenters. The first-order chi connectivity index (χ1) is 30.1. The van der Waals surface area contributed by atoms with Crippen molar-refractivity contribution in [2.24, 2.45) is 5.92 Å². The monoisotopic (exact) mass is 926 g/mol. The lowest BCUT2D eigenvalue weighted by Crippen LogP contribution is -2.61. The Bertz CT molecular complexity index is 2110. The second-order valence-corrected chi connectivity index (χ2v) is 24.6. The Kier molecular flexibility index (Phi) is 18.6. The van der Waals surface area contributed by atoms with Crippen molar-refractivity contribution in [3.63, 3.8) is 0 Å². The molecular formula is C44H66N8O10SSi. The molecule has 4 rings (SSSR count). The Morgan fingerprint density at radius 1 is 1.05 bits per heavy atom. The molecule has 2 bridgehead atoms. The maximum atomic E-state index is 14.8. The number of aromatic nitrogens is 2. The normalized spacial score (nSPS) is 19.1. The van der Waals surface area contributed by atoms with Crippen LogP contribution in [0, 0.1) is 5.92 Å². The molecule has 3 heterocycles. The molecule has 1 aliphatic heterocycles. The van der Waals surface area contributed by atoms with Gasteiger partial charge in [0, 0.05) is 62.8 Å². The van der Waals surface area contributed by atoms with Gasteiger partial charge in [0.2, 0.25) is 23.6 Å². The average molecular weight is 927 g/mol. The van der Waals surface area contributed by atoms with Gasteiger partial charge in [0.25, 0.3) is 5.91 Å². The molecule has 1 unspecified atom stereocenters. The van der Waals surface area contributed by atoms with Crippen molar-refractivity contribution in [1.29, 1.82) is 0 Å². The van der Waals surface area contributed by atoms with Gasteiger partial charge >= 0.3 is 6.09 Å². The smallest absolute Gasteiger partial charge is 0.408 e. The molecule has 0 aliphatic carbocycles. The summed E-state index contributed by atoms with van der Waals surface area (Å²) in [5.41, 5.74) is 1.89. The quantitative estimate of drug-likeness (QED) is 0.0416. The van der Waals surface area contributed by atoms with Gasteiger partial charge in [0.05, 0.1) is 18.3 Å². The lowest BCUT2D eigenvalue weighted by atomic mass is 9.92. The summed E-state index contributed by atoms with van der Waals surface area (Å²) in [6.45, 7) is 20.1. The molecule has 20 heteroatoms. The number of carbonyl (C=O) groups is 6. The van der Waals surface area contributed by atoms with E-state index in [-0.39, 0.29) is 25.7 Å². The zero-order chi connectivity index (χ0) is 47.4. The Morgan fingerprint density at radius 3 is 2.44 bits per heavy atom. The molecule has 0 spiro atoms. The summed E-state index contributed by atoms with van der Waals surface area (Å²) in [6.07, 6.45) is 1.02. The number of amides is 6. The first kappa shape index (κ1) is 51.5. The largest absolute Gasteiger partial charge is 0.444 e. The lowest BCUT2D eigenvalue weighted by molar-refractivity contribution is -0.152. The van der Waals surface area contributed by atoms with Crippen LogP contribution in [-0.4, -0.2) is 123 Å². The molecule has 1 aromatic carbocycles. The SMILES string of the molecule is C=CC(=O)N[C@@H](C)C(=O)N[C@@H]([C@@H](C)CC)[C@@H](OCOCC[Si](C)(C)C)C(=O)N[C@H]1Cc2c[nH]c3cccc(c23)-c2csc(n2)C(COC)NC(=O)[C@@H](NC(=O)OC(C)(C)C)CNC1=O. The van der Waals surface area contributed by atoms with E-state index in [4.69, 9.17) is 23.9 Å². The number of nitrogens with one attached hydrogen (secondary N) is 7. The van der Waals surface area contributed by atoms with Gasteiger partial charge in [-0.15, -0.1) is 11.3 Å². The zero-order valence-corrected chi connectivity index (χ0v) is 40.4.